The van der Waals surface area contributed by atoms with Gasteiger partial charge < -0.3 is 4.90 Å². The van der Waals surface area contributed by atoms with Gasteiger partial charge in [0, 0.05) is 12.7 Å². The number of nitrogens with zero attached hydrogens (tertiary/aromatic N) is 2. The van der Waals surface area contributed by atoms with Gasteiger partial charge in [-0.2, -0.15) is 14.0 Å². The van der Waals surface area contributed by atoms with E-state index < -0.39 is 26.9 Å². The van der Waals surface area contributed by atoms with E-state index in [-0.39, 0.29) is 4.86 Å². The summed E-state index contributed by atoms with van der Waals surface area (Å²) in [5.41, 5.74) is 2.56. The van der Waals surface area contributed by atoms with Crippen LogP contribution < -0.4 is 23.8 Å². The Bertz CT molecular complexity index is 1000. The Morgan fingerprint density at radius 2 is 1.56 bits per heavy atom. The Labute approximate surface area is 160 Å². The molecule has 0 saturated heterocycles. The van der Waals surface area contributed by atoms with Crippen molar-refractivity contribution in [3.05, 3.63) is 70.9 Å². The van der Waals surface area contributed by atoms with Crippen molar-refractivity contribution in [3.63, 3.8) is 0 Å². The second kappa shape index (κ2) is 6.45. The summed E-state index contributed by atoms with van der Waals surface area (Å²) in [6.07, 6.45) is 0. The lowest BCUT2D eigenvalue weighted by Gasteiger charge is -2.34. The molecule has 1 unspecified atom stereocenters. The van der Waals surface area contributed by atoms with Crippen molar-refractivity contribution in [1.29, 1.82) is 0 Å². The Kier molecular flexibility index (Phi) is 4.34. The smallest absolute Gasteiger partial charge is 0.272 e. The monoisotopic (exact) mass is 406 g/mol. The summed E-state index contributed by atoms with van der Waals surface area (Å²) in [5, 5.41) is 0.354. The largest absolute Gasteiger partial charge is 0.344 e. The quantitative estimate of drug-likeness (QED) is 0.664. The number of anilines is 2. The zero-order valence-corrected chi connectivity index (χ0v) is 16.0. The average Bonchev–Trinajstić information content (AvgIpc) is 2.91. The lowest BCUT2D eigenvalue weighted by atomic mass is 10.1. The summed E-state index contributed by atoms with van der Waals surface area (Å²) >= 11 is 0. The molecule has 4 rings (SSSR count). The Hall–Kier alpha value is -2.20. The summed E-state index contributed by atoms with van der Waals surface area (Å²) in [7, 11) is -4.59. The van der Waals surface area contributed by atoms with Gasteiger partial charge in [-0.1, -0.05) is 42.5 Å². The molecule has 27 heavy (non-hydrogen) atoms. The fourth-order valence-corrected chi connectivity index (χ4v) is 5.84. The summed E-state index contributed by atoms with van der Waals surface area (Å²) in [4.78, 5) is 16.7. The highest BCUT2D eigenvalue weighted by Gasteiger charge is 2.48. The molecule has 2 aromatic carbocycles. The van der Waals surface area contributed by atoms with Crippen LogP contribution in [0.1, 0.15) is 12.5 Å². The Balaban J connectivity index is 1.99. The lowest BCUT2D eigenvalue weighted by Crippen LogP contribution is -2.60. The molecule has 0 saturated carbocycles. The van der Waals surface area contributed by atoms with Gasteiger partial charge in [0.1, 0.15) is 13.6 Å². The molecule has 2 aliphatic rings. The average molecular weight is 407 g/mol. The number of halogens is 1. The van der Waals surface area contributed by atoms with E-state index in [2.05, 4.69) is 0 Å². The predicted molar refractivity (Wildman–Crippen MR) is 94.3 cm³/mol. The number of carbonyl (C=O) groups excluding carboxylic acids is 1. The summed E-state index contributed by atoms with van der Waals surface area (Å²) in [6, 6.07) is 15.9. The van der Waals surface area contributed by atoms with Crippen molar-refractivity contribution >= 4 is 32.9 Å². The molecule has 2 aliphatic heterocycles. The van der Waals surface area contributed by atoms with Gasteiger partial charge in [0.25, 0.3) is 5.91 Å². The van der Waals surface area contributed by atoms with Gasteiger partial charge in [0.15, 0.2) is 10.8 Å². The van der Waals surface area contributed by atoms with E-state index in [4.69, 9.17) is 3.74 Å². The summed E-state index contributed by atoms with van der Waals surface area (Å²) in [5.74, 6) is -0.404. The zero-order valence-electron chi connectivity index (χ0n) is 14.4. The minimum Gasteiger partial charge on any atom is -0.344 e. The molecule has 2 aromatic rings. The SMILES string of the molecule is CC1=C2N(C(=O)C(c3ccccc3)=S2O[Cl+3]([O-])([O-])[O-])c2ccccc2N1C. The maximum Gasteiger partial charge on any atom is 0.272 e. The van der Waals surface area contributed by atoms with Crippen LogP contribution in [0.5, 0.6) is 0 Å². The molecule has 1 atom stereocenters. The molecule has 140 valence electrons. The van der Waals surface area contributed by atoms with Crippen LogP contribution in [0.25, 0.3) is 0 Å². The number of hydrogen-bond donors (Lipinski definition) is 0. The summed E-state index contributed by atoms with van der Waals surface area (Å²) in [6.45, 7) is 1.76. The van der Waals surface area contributed by atoms with Crippen LogP contribution in [0.15, 0.2) is 65.3 Å². The third kappa shape index (κ3) is 2.96. The van der Waals surface area contributed by atoms with Crippen molar-refractivity contribution in [2.24, 2.45) is 0 Å². The second-order valence-electron chi connectivity index (χ2n) is 5.98. The first-order valence-corrected chi connectivity index (χ1v) is 10.3. The molecular weight excluding hydrogens is 392 g/mol. The van der Waals surface area contributed by atoms with Crippen molar-refractivity contribution in [2.45, 2.75) is 6.92 Å². The third-order valence-electron chi connectivity index (χ3n) is 4.43. The normalized spacial score (nSPS) is 19.5. The molecule has 0 fully saturated rings. The van der Waals surface area contributed by atoms with Gasteiger partial charge in [-0.3, -0.25) is 9.69 Å². The minimum atomic E-state index is -4.73. The van der Waals surface area contributed by atoms with E-state index in [9.17, 15) is 18.8 Å². The number of rotatable bonds is 3. The van der Waals surface area contributed by atoms with Crippen LogP contribution in [0, 0.1) is 10.2 Å². The van der Waals surface area contributed by atoms with Crippen molar-refractivity contribution in [1.82, 2.24) is 0 Å². The molecule has 0 aliphatic carbocycles. The van der Waals surface area contributed by atoms with Crippen molar-refractivity contribution in [2.75, 3.05) is 16.8 Å². The fourth-order valence-electron chi connectivity index (χ4n) is 3.19. The Morgan fingerprint density at radius 3 is 2.19 bits per heavy atom. The highest BCUT2D eigenvalue weighted by molar-refractivity contribution is 8.17. The number of hydrogen-bond acceptors (Lipinski definition) is 6. The summed E-state index contributed by atoms with van der Waals surface area (Å²) < 4.78 is 39.1. The topological polar surface area (TPSA) is 102 Å². The van der Waals surface area contributed by atoms with E-state index in [1.807, 2.05) is 24.1 Å². The number of para-hydroxylation sites is 2. The maximum atomic E-state index is 13.3. The molecule has 0 bridgehead atoms. The molecule has 0 spiro atoms. The number of fused-ring (bicyclic) bond motifs is 3. The lowest BCUT2D eigenvalue weighted by molar-refractivity contribution is -1.91. The number of allylic oxidation sites excluding steroid dienone is 1. The van der Waals surface area contributed by atoms with Crippen molar-refractivity contribution < 1.29 is 32.8 Å². The molecule has 0 N–H and O–H groups in total. The molecule has 0 radical (unpaired) electrons. The van der Waals surface area contributed by atoms with Crippen LogP contribution in [0.2, 0.25) is 0 Å². The molecule has 7 nitrogen and oxygen atoms in total. The molecule has 2 heterocycles. The van der Waals surface area contributed by atoms with Gasteiger partial charge in [-0.15, -0.1) is 0 Å². The first kappa shape index (κ1) is 18.2. The highest BCUT2D eigenvalue weighted by Crippen LogP contribution is 2.51. The van der Waals surface area contributed by atoms with Crippen LogP contribution in [-0.4, -0.2) is 17.8 Å². The molecular formula is C18H15ClN2O5S. The van der Waals surface area contributed by atoms with Gasteiger partial charge in [0.05, 0.1) is 21.6 Å². The van der Waals surface area contributed by atoms with Gasteiger partial charge in [-0.25, -0.2) is 0 Å². The number of amides is 1. The molecule has 1 amide bonds. The van der Waals surface area contributed by atoms with E-state index in [0.717, 1.165) is 5.69 Å². The van der Waals surface area contributed by atoms with Gasteiger partial charge in [-0.05, 0) is 24.6 Å². The van der Waals surface area contributed by atoms with E-state index in [1.54, 1.807) is 49.4 Å². The standard InChI is InChI=1S/C18H15ClN2O5S/c1-12-18-21(15-11-7-6-10-14(15)20(12)2)17(22)16(13-8-4-3-5-9-13)27(18)26-19(23,24)25/h3-11H,1-2H3. The van der Waals surface area contributed by atoms with Crippen LogP contribution >= 0.6 is 10.8 Å². The van der Waals surface area contributed by atoms with Crippen molar-refractivity contribution in [3.8, 4) is 0 Å². The third-order valence-corrected chi connectivity index (χ3v) is 7.17. The highest BCUT2D eigenvalue weighted by atomic mass is 35.7. The minimum absolute atomic E-state index is 0.141. The zero-order chi connectivity index (χ0) is 19.3. The molecule has 0 aromatic heterocycles. The van der Waals surface area contributed by atoms with Crippen LogP contribution in [0.3, 0.4) is 0 Å². The van der Waals surface area contributed by atoms with Crippen LogP contribution in [-0.2, 0) is 8.53 Å². The predicted octanol–water partition coefficient (Wildman–Crippen LogP) is -0.00950. The van der Waals surface area contributed by atoms with E-state index >= 15 is 0 Å². The van der Waals surface area contributed by atoms with Gasteiger partial charge >= 0.3 is 0 Å². The number of benzene rings is 2. The van der Waals surface area contributed by atoms with E-state index in [0.29, 0.717) is 22.0 Å². The first-order chi connectivity index (χ1) is 12.8. The fraction of sp³-hybridized carbons (Fsp3) is 0.111. The van der Waals surface area contributed by atoms with E-state index in [1.165, 1.54) is 4.90 Å². The Morgan fingerprint density at radius 1 is 0.963 bits per heavy atom. The first-order valence-electron chi connectivity index (χ1n) is 7.95. The van der Waals surface area contributed by atoms with Crippen LogP contribution in [0.4, 0.5) is 11.4 Å². The maximum absolute atomic E-state index is 13.3. The van der Waals surface area contributed by atoms with Gasteiger partial charge in [0.2, 0.25) is 0 Å². The number of carbonyl (C=O) groups is 1. The molecule has 9 heteroatoms. The second-order valence-corrected chi connectivity index (χ2v) is 8.58.